The van der Waals surface area contributed by atoms with Crippen molar-refractivity contribution >= 4 is 35.2 Å². The van der Waals surface area contributed by atoms with Gasteiger partial charge in [0, 0.05) is 10.7 Å². The quantitative estimate of drug-likeness (QED) is 0.329. The summed E-state index contributed by atoms with van der Waals surface area (Å²) >= 11 is 6.09. The lowest BCUT2D eigenvalue weighted by atomic mass is 10.1. The number of methoxy groups -OCH3 is 1. The molecule has 3 aromatic rings. The van der Waals surface area contributed by atoms with E-state index in [1.807, 2.05) is 6.07 Å². The number of carbonyl (C=O) groups excluding carboxylic acids is 1. The van der Waals surface area contributed by atoms with Crippen LogP contribution in [0.25, 0.3) is 6.08 Å². The van der Waals surface area contributed by atoms with Gasteiger partial charge in [0.15, 0.2) is 11.5 Å². The van der Waals surface area contributed by atoms with Crippen LogP contribution in [0, 0.1) is 18.3 Å². The minimum atomic E-state index is -1.02. The fourth-order valence-electron chi connectivity index (χ4n) is 3.10. The Morgan fingerprint density at radius 3 is 2.59 bits per heavy atom. The fourth-order valence-corrected chi connectivity index (χ4v) is 3.27. The number of aromatic carboxylic acids is 1. The molecular weight excluding hydrogens is 456 g/mol. The first-order chi connectivity index (χ1) is 16.3. The molecule has 0 aliphatic carbocycles. The van der Waals surface area contributed by atoms with Crippen LogP contribution in [0.5, 0.6) is 11.5 Å². The van der Waals surface area contributed by atoms with E-state index in [0.717, 1.165) is 0 Å². The van der Waals surface area contributed by atoms with Crippen LogP contribution in [-0.2, 0) is 11.4 Å². The van der Waals surface area contributed by atoms with E-state index in [1.165, 1.54) is 25.3 Å². The molecule has 0 saturated carbocycles. The van der Waals surface area contributed by atoms with Crippen LogP contribution in [-0.4, -0.2) is 24.1 Å². The largest absolute Gasteiger partial charge is 0.493 e. The lowest BCUT2D eigenvalue weighted by Crippen LogP contribution is -2.14. The van der Waals surface area contributed by atoms with Crippen molar-refractivity contribution in [3.63, 3.8) is 0 Å². The Hall–Kier alpha value is -4.28. The summed E-state index contributed by atoms with van der Waals surface area (Å²) in [7, 11) is 1.47. The summed E-state index contributed by atoms with van der Waals surface area (Å²) in [6, 6.07) is 18.5. The van der Waals surface area contributed by atoms with Gasteiger partial charge in [0.25, 0.3) is 5.91 Å². The molecule has 34 heavy (non-hydrogen) atoms. The zero-order chi connectivity index (χ0) is 24.7. The first-order valence-electron chi connectivity index (χ1n) is 10.1. The minimum absolute atomic E-state index is 0.0967. The van der Waals surface area contributed by atoms with Crippen molar-refractivity contribution in [2.75, 3.05) is 12.4 Å². The number of benzene rings is 3. The third kappa shape index (κ3) is 5.94. The molecule has 3 rings (SSSR count). The van der Waals surface area contributed by atoms with Crippen molar-refractivity contribution in [1.29, 1.82) is 5.26 Å². The van der Waals surface area contributed by atoms with E-state index in [1.54, 1.807) is 55.5 Å². The number of halogens is 1. The van der Waals surface area contributed by atoms with Crippen LogP contribution < -0.4 is 14.8 Å². The smallest absolute Gasteiger partial charge is 0.335 e. The molecule has 2 N–H and O–H groups in total. The van der Waals surface area contributed by atoms with Crippen molar-refractivity contribution < 1.29 is 24.2 Å². The highest BCUT2D eigenvalue weighted by Gasteiger charge is 2.13. The number of ether oxygens (including phenoxy) is 2. The number of hydrogen-bond acceptors (Lipinski definition) is 5. The number of carbonyl (C=O) groups is 2. The third-order valence-electron chi connectivity index (χ3n) is 4.95. The van der Waals surface area contributed by atoms with Gasteiger partial charge in [0.1, 0.15) is 18.2 Å². The number of anilines is 1. The number of hydrogen-bond donors (Lipinski definition) is 2. The molecule has 0 bridgehead atoms. The van der Waals surface area contributed by atoms with Crippen LogP contribution in [0.2, 0.25) is 5.02 Å². The maximum Gasteiger partial charge on any atom is 0.335 e. The lowest BCUT2D eigenvalue weighted by Gasteiger charge is -2.12. The van der Waals surface area contributed by atoms with Gasteiger partial charge in [-0.3, -0.25) is 4.79 Å². The summed E-state index contributed by atoms with van der Waals surface area (Å²) in [4.78, 5) is 23.8. The van der Waals surface area contributed by atoms with Crippen LogP contribution in [0.1, 0.15) is 27.0 Å². The van der Waals surface area contributed by atoms with Gasteiger partial charge in [-0.1, -0.05) is 35.9 Å². The average Bonchev–Trinajstić information content (AvgIpc) is 2.84. The number of nitrogens with zero attached hydrogens (tertiary/aromatic N) is 1. The van der Waals surface area contributed by atoms with Gasteiger partial charge in [-0.15, -0.1) is 0 Å². The van der Waals surface area contributed by atoms with E-state index in [4.69, 9.17) is 26.2 Å². The molecular formula is C26H21ClN2O5. The molecule has 172 valence electrons. The summed E-state index contributed by atoms with van der Waals surface area (Å²) < 4.78 is 11.2. The van der Waals surface area contributed by atoms with Gasteiger partial charge in [-0.05, 0) is 66.1 Å². The number of amides is 1. The zero-order valence-corrected chi connectivity index (χ0v) is 19.2. The Morgan fingerprint density at radius 1 is 1.12 bits per heavy atom. The topological polar surface area (TPSA) is 109 Å². The molecule has 0 heterocycles. The van der Waals surface area contributed by atoms with Crippen molar-refractivity contribution in [3.8, 4) is 17.6 Å². The number of carboxylic acid groups (broad SMARTS) is 1. The van der Waals surface area contributed by atoms with Gasteiger partial charge in [-0.25, -0.2) is 4.79 Å². The van der Waals surface area contributed by atoms with E-state index in [2.05, 4.69) is 5.32 Å². The van der Waals surface area contributed by atoms with Gasteiger partial charge < -0.3 is 19.9 Å². The lowest BCUT2D eigenvalue weighted by molar-refractivity contribution is -0.112. The van der Waals surface area contributed by atoms with Crippen molar-refractivity contribution in [1.82, 2.24) is 0 Å². The molecule has 0 saturated heterocycles. The van der Waals surface area contributed by atoms with Gasteiger partial charge in [0.05, 0.1) is 12.7 Å². The van der Waals surface area contributed by atoms with Gasteiger partial charge in [0.2, 0.25) is 0 Å². The zero-order valence-electron chi connectivity index (χ0n) is 18.5. The molecule has 0 spiro atoms. The maximum absolute atomic E-state index is 12.6. The Kier molecular flexibility index (Phi) is 7.91. The number of nitriles is 1. The van der Waals surface area contributed by atoms with Crippen molar-refractivity contribution in [2.24, 2.45) is 0 Å². The Bertz CT molecular complexity index is 1310. The summed E-state index contributed by atoms with van der Waals surface area (Å²) in [5, 5.41) is 21.8. The summed E-state index contributed by atoms with van der Waals surface area (Å²) in [6.07, 6.45) is 1.44. The first kappa shape index (κ1) is 24.4. The van der Waals surface area contributed by atoms with Crippen molar-refractivity contribution in [3.05, 3.63) is 93.5 Å². The number of carboxylic acids is 1. The molecule has 3 aromatic carbocycles. The third-order valence-corrected chi connectivity index (χ3v) is 5.36. The molecule has 0 atom stereocenters. The molecule has 7 nitrogen and oxygen atoms in total. The van der Waals surface area contributed by atoms with E-state index in [-0.39, 0.29) is 17.7 Å². The SMILES string of the molecule is COc1cc(/C=C(/C#N)C(=O)Nc2cccc(Cl)c2C)ccc1OCc1cccc(C(=O)O)c1. The summed E-state index contributed by atoms with van der Waals surface area (Å²) in [5.41, 5.74) is 2.54. The molecule has 0 aliphatic heterocycles. The van der Waals surface area contributed by atoms with Crippen LogP contribution >= 0.6 is 11.6 Å². The second-order valence-corrected chi connectivity index (χ2v) is 7.65. The monoisotopic (exact) mass is 476 g/mol. The van der Waals surface area contributed by atoms with Crippen LogP contribution in [0.15, 0.2) is 66.2 Å². The fraction of sp³-hybridized carbons (Fsp3) is 0.115. The van der Waals surface area contributed by atoms with Crippen molar-refractivity contribution in [2.45, 2.75) is 13.5 Å². The molecule has 0 unspecified atom stereocenters. The Morgan fingerprint density at radius 2 is 1.88 bits per heavy atom. The second-order valence-electron chi connectivity index (χ2n) is 7.24. The average molecular weight is 477 g/mol. The van der Waals surface area contributed by atoms with E-state index in [0.29, 0.717) is 38.9 Å². The van der Waals surface area contributed by atoms with Gasteiger partial charge >= 0.3 is 5.97 Å². The normalized spacial score (nSPS) is 10.8. The van der Waals surface area contributed by atoms with Gasteiger partial charge in [-0.2, -0.15) is 5.26 Å². The predicted molar refractivity (Wildman–Crippen MR) is 129 cm³/mol. The molecule has 0 radical (unpaired) electrons. The Labute approximate surface area is 201 Å². The molecule has 0 aliphatic rings. The van der Waals surface area contributed by atoms with Crippen LogP contribution in [0.4, 0.5) is 5.69 Å². The standard InChI is InChI=1S/C26H21ClN2O5/c1-16-21(27)7-4-8-22(16)29-25(30)20(14-28)11-17-9-10-23(24(13-17)33-2)34-15-18-5-3-6-19(12-18)26(31)32/h3-13H,15H2,1-2H3,(H,29,30)(H,31,32)/b20-11-. The Balaban J connectivity index is 1.77. The maximum atomic E-state index is 12.6. The summed E-state index contributed by atoms with van der Waals surface area (Å²) in [6.45, 7) is 1.91. The summed E-state index contributed by atoms with van der Waals surface area (Å²) in [5.74, 6) is -0.756. The molecule has 1 amide bonds. The van der Waals surface area contributed by atoms with E-state index < -0.39 is 11.9 Å². The first-order valence-corrected chi connectivity index (χ1v) is 10.5. The second kappa shape index (κ2) is 11.0. The molecule has 8 heteroatoms. The highest BCUT2D eigenvalue weighted by molar-refractivity contribution is 6.31. The molecule has 0 fully saturated rings. The van der Waals surface area contributed by atoms with Crippen LogP contribution in [0.3, 0.4) is 0 Å². The van der Waals surface area contributed by atoms with E-state index >= 15 is 0 Å². The highest BCUT2D eigenvalue weighted by atomic mass is 35.5. The molecule has 0 aromatic heterocycles. The highest BCUT2D eigenvalue weighted by Crippen LogP contribution is 2.30. The number of nitrogens with one attached hydrogen (secondary N) is 1. The predicted octanol–water partition coefficient (Wildman–Crippen LogP) is 5.48. The number of rotatable bonds is 8. The van der Waals surface area contributed by atoms with E-state index in [9.17, 15) is 14.9 Å². The minimum Gasteiger partial charge on any atom is -0.493 e.